The van der Waals surface area contributed by atoms with Crippen molar-refractivity contribution < 1.29 is 18.4 Å². The van der Waals surface area contributed by atoms with E-state index < -0.39 is 16.1 Å². The molecule has 25 heavy (non-hydrogen) atoms. The van der Waals surface area contributed by atoms with E-state index in [0.717, 1.165) is 5.56 Å². The molecule has 0 heterocycles. The molecule has 0 saturated carbocycles. The summed E-state index contributed by atoms with van der Waals surface area (Å²) in [7, 11) is -0.464. The lowest BCUT2D eigenvalue weighted by Gasteiger charge is -2.22. The second kappa shape index (κ2) is 8.75. The molecule has 1 unspecified atom stereocenters. The van der Waals surface area contributed by atoms with E-state index >= 15 is 0 Å². The summed E-state index contributed by atoms with van der Waals surface area (Å²) in [6.07, 6.45) is -0.664. The van der Waals surface area contributed by atoms with Crippen LogP contribution in [-0.4, -0.2) is 62.4 Å². The Morgan fingerprint density at radius 2 is 1.84 bits per heavy atom. The van der Waals surface area contributed by atoms with Crippen LogP contribution in [-0.2, 0) is 14.9 Å². The highest BCUT2D eigenvalue weighted by atomic mass is 32.2. The molecule has 8 heteroatoms. The van der Waals surface area contributed by atoms with Gasteiger partial charge in [-0.2, -0.15) is 0 Å². The number of hydrogen-bond acceptors (Lipinski definition) is 6. The topological polar surface area (TPSA) is 91.2 Å². The molecule has 1 aromatic rings. The summed E-state index contributed by atoms with van der Waals surface area (Å²) in [5.41, 5.74) is 1.28. The van der Waals surface area contributed by atoms with Crippen LogP contribution in [0.15, 0.2) is 34.3 Å². The number of nitrogens with one attached hydrogen (secondary N) is 1. The largest absolute Gasteiger partial charge is 0.393 e. The van der Waals surface area contributed by atoms with Crippen molar-refractivity contribution in [3.8, 4) is 0 Å². The molecular formula is C17H29N3O4S. The fourth-order valence-electron chi connectivity index (χ4n) is 1.83. The number of benzene rings is 1. The lowest BCUT2D eigenvalue weighted by atomic mass is 10.1. The van der Waals surface area contributed by atoms with E-state index in [1.807, 2.05) is 20.8 Å². The molecule has 7 nitrogen and oxygen atoms in total. The number of aliphatic hydroxyl groups is 1. The van der Waals surface area contributed by atoms with Gasteiger partial charge in [-0.15, -0.1) is 0 Å². The molecule has 0 amide bonds. The molecule has 1 rings (SSSR count). The predicted molar refractivity (Wildman–Crippen MR) is 99.2 cm³/mol. The molecule has 142 valence electrons. The highest BCUT2D eigenvalue weighted by molar-refractivity contribution is 7.89. The van der Waals surface area contributed by atoms with Gasteiger partial charge < -0.3 is 15.3 Å². The second-order valence-electron chi connectivity index (χ2n) is 7.07. The van der Waals surface area contributed by atoms with Gasteiger partial charge in [0.2, 0.25) is 10.0 Å². The summed E-state index contributed by atoms with van der Waals surface area (Å²) in [6, 6.07) is 6.42. The summed E-state index contributed by atoms with van der Waals surface area (Å²) < 4.78 is 25.2. The first-order valence-corrected chi connectivity index (χ1v) is 9.50. The van der Waals surface area contributed by atoms with Crippen LogP contribution in [0.25, 0.3) is 0 Å². The van der Waals surface area contributed by atoms with Crippen LogP contribution < -0.4 is 5.32 Å². The van der Waals surface area contributed by atoms with E-state index in [1.165, 1.54) is 30.5 Å². The van der Waals surface area contributed by atoms with Gasteiger partial charge in [-0.3, -0.25) is 0 Å². The second-order valence-corrected chi connectivity index (χ2v) is 9.22. The Hall–Kier alpha value is -1.48. The van der Waals surface area contributed by atoms with Crippen LogP contribution in [0.5, 0.6) is 0 Å². The lowest BCUT2D eigenvalue weighted by molar-refractivity contribution is 0.0373. The molecule has 1 atom stereocenters. The third kappa shape index (κ3) is 7.11. The van der Waals surface area contributed by atoms with E-state index in [4.69, 9.17) is 4.84 Å². The molecule has 0 aliphatic heterocycles. The summed E-state index contributed by atoms with van der Waals surface area (Å²) in [5.74, 6) is 0. The van der Waals surface area contributed by atoms with Crippen LogP contribution in [0, 0.1) is 0 Å². The Kier molecular flexibility index (Phi) is 7.55. The third-order valence-electron chi connectivity index (χ3n) is 3.39. The van der Waals surface area contributed by atoms with Crippen molar-refractivity contribution in [2.45, 2.75) is 44.2 Å². The van der Waals surface area contributed by atoms with Gasteiger partial charge in [0.05, 0.1) is 10.6 Å². The van der Waals surface area contributed by atoms with E-state index in [-0.39, 0.29) is 17.0 Å². The van der Waals surface area contributed by atoms with Gasteiger partial charge in [-0.05, 0) is 45.4 Å². The predicted octanol–water partition coefficient (Wildman–Crippen LogP) is 1.43. The average molecular weight is 372 g/mol. The number of oxime groups is 1. The summed E-state index contributed by atoms with van der Waals surface area (Å²) in [4.78, 5) is 5.41. The van der Waals surface area contributed by atoms with Gasteiger partial charge in [0.15, 0.2) is 0 Å². The van der Waals surface area contributed by atoms with Gasteiger partial charge >= 0.3 is 0 Å². The Balaban J connectivity index is 2.62. The van der Waals surface area contributed by atoms with E-state index in [9.17, 15) is 13.5 Å². The highest BCUT2D eigenvalue weighted by Crippen LogP contribution is 2.14. The summed E-state index contributed by atoms with van der Waals surface area (Å²) >= 11 is 0. The van der Waals surface area contributed by atoms with Crippen molar-refractivity contribution in [3.63, 3.8) is 0 Å². The third-order valence-corrected chi connectivity index (χ3v) is 5.22. The zero-order valence-electron chi connectivity index (χ0n) is 15.8. The van der Waals surface area contributed by atoms with Crippen LogP contribution in [0.4, 0.5) is 0 Å². The minimum atomic E-state index is -3.44. The minimum absolute atomic E-state index is 0.0746. The molecule has 1 aromatic carbocycles. The molecule has 0 aliphatic carbocycles. The Labute approximate surface area is 150 Å². The number of β-amino-alcohol motifs (C(OH)–C–C–N with tert-alkyl or cyclic N) is 1. The van der Waals surface area contributed by atoms with Crippen molar-refractivity contribution in [1.82, 2.24) is 9.62 Å². The fraction of sp³-hybridized carbons (Fsp3) is 0.588. The van der Waals surface area contributed by atoms with E-state index in [1.54, 1.807) is 19.1 Å². The maximum absolute atomic E-state index is 12.0. The van der Waals surface area contributed by atoms with Gasteiger partial charge in [-0.25, -0.2) is 12.7 Å². The SMILES string of the molecule is C/C(=N\OCC(O)CNC(C)(C)C)c1ccc(S(=O)(=O)N(C)C)cc1. The minimum Gasteiger partial charge on any atom is -0.393 e. The normalized spacial score (nSPS) is 14.6. The first kappa shape index (κ1) is 21.6. The molecule has 0 aliphatic rings. The molecule has 0 radical (unpaired) electrons. The number of rotatable bonds is 8. The quantitative estimate of drug-likeness (QED) is 0.533. The standard InChI is InChI=1S/C17H29N3O4S/c1-13(19-24-12-15(21)11-18-17(2,3)4)14-7-9-16(10-8-14)25(22,23)20(5)6/h7-10,15,18,21H,11-12H2,1-6H3/b19-13+. The van der Waals surface area contributed by atoms with Crippen LogP contribution >= 0.6 is 0 Å². The molecular weight excluding hydrogens is 342 g/mol. The van der Waals surface area contributed by atoms with Crippen LogP contribution in [0.3, 0.4) is 0 Å². The summed E-state index contributed by atoms with van der Waals surface area (Å²) in [6.45, 7) is 8.30. The van der Waals surface area contributed by atoms with Gasteiger partial charge in [0, 0.05) is 26.2 Å². The van der Waals surface area contributed by atoms with Crippen molar-refractivity contribution in [2.75, 3.05) is 27.2 Å². The molecule has 0 bridgehead atoms. The zero-order valence-corrected chi connectivity index (χ0v) is 16.6. The number of hydrogen-bond donors (Lipinski definition) is 2. The van der Waals surface area contributed by atoms with Gasteiger partial charge in [-0.1, -0.05) is 17.3 Å². The Morgan fingerprint density at radius 1 is 1.28 bits per heavy atom. The Morgan fingerprint density at radius 3 is 2.32 bits per heavy atom. The highest BCUT2D eigenvalue weighted by Gasteiger charge is 2.17. The van der Waals surface area contributed by atoms with Crippen LogP contribution in [0.2, 0.25) is 0 Å². The smallest absolute Gasteiger partial charge is 0.242 e. The number of sulfonamides is 1. The number of aliphatic hydroxyl groups excluding tert-OH is 1. The molecule has 0 saturated heterocycles. The summed E-state index contributed by atoms with van der Waals surface area (Å²) in [5, 5.41) is 17.0. The van der Waals surface area contributed by atoms with Gasteiger partial charge in [0.1, 0.15) is 12.7 Å². The fourth-order valence-corrected chi connectivity index (χ4v) is 2.74. The van der Waals surface area contributed by atoms with Crippen molar-refractivity contribution >= 4 is 15.7 Å². The molecule has 0 aromatic heterocycles. The molecule has 0 fully saturated rings. The average Bonchev–Trinajstić information content (AvgIpc) is 2.52. The molecule has 0 spiro atoms. The molecule has 2 N–H and O–H groups in total. The van der Waals surface area contributed by atoms with Crippen molar-refractivity contribution in [3.05, 3.63) is 29.8 Å². The first-order valence-electron chi connectivity index (χ1n) is 8.06. The first-order chi connectivity index (χ1) is 11.4. The monoisotopic (exact) mass is 371 g/mol. The Bertz CT molecular complexity index is 677. The zero-order chi connectivity index (χ0) is 19.3. The number of nitrogens with zero attached hydrogens (tertiary/aromatic N) is 2. The van der Waals surface area contributed by atoms with E-state index in [0.29, 0.717) is 12.3 Å². The van der Waals surface area contributed by atoms with Gasteiger partial charge in [0.25, 0.3) is 0 Å². The van der Waals surface area contributed by atoms with Crippen molar-refractivity contribution in [2.24, 2.45) is 5.16 Å². The van der Waals surface area contributed by atoms with E-state index in [2.05, 4.69) is 10.5 Å². The van der Waals surface area contributed by atoms with Crippen LogP contribution in [0.1, 0.15) is 33.3 Å². The maximum atomic E-state index is 12.0. The maximum Gasteiger partial charge on any atom is 0.242 e. The van der Waals surface area contributed by atoms with Crippen molar-refractivity contribution in [1.29, 1.82) is 0 Å². The lowest BCUT2D eigenvalue weighted by Crippen LogP contribution is -2.42.